The van der Waals surface area contributed by atoms with Crippen LogP contribution in [0.2, 0.25) is 0 Å². The van der Waals surface area contributed by atoms with E-state index in [1.165, 1.54) is 0 Å². The summed E-state index contributed by atoms with van der Waals surface area (Å²) in [6.07, 6.45) is 1.58. The van der Waals surface area contributed by atoms with Crippen LogP contribution in [0.1, 0.15) is 19.8 Å². The lowest BCUT2D eigenvalue weighted by Crippen LogP contribution is -2.36. The van der Waals surface area contributed by atoms with E-state index in [0.29, 0.717) is 42.2 Å². The van der Waals surface area contributed by atoms with E-state index in [9.17, 15) is 9.59 Å². The number of hydrogen-bond donors (Lipinski definition) is 3. The lowest BCUT2D eigenvalue weighted by atomic mass is 9.88. The number of hydrogen-bond acceptors (Lipinski definition) is 3. The fourth-order valence-corrected chi connectivity index (χ4v) is 3.85. The standard InChI is InChI=1S/C17H23N3O3/c1-10-6-15-13(8-16(21)20-15)14(10)9-18-17(22)19-11-4-3-5-12(7-11)23-2/h3-5,7,10,13-15H,6,8-9H2,1-2H3,(H,20,21)(H2,18,19,22)/t10-,13-,14+,15+/m0/s1. The number of carbonyl (C=O) groups excluding carboxylic acids is 2. The topological polar surface area (TPSA) is 79.5 Å². The van der Waals surface area contributed by atoms with Gasteiger partial charge in [-0.2, -0.15) is 0 Å². The quantitative estimate of drug-likeness (QED) is 0.794. The van der Waals surface area contributed by atoms with Crippen molar-refractivity contribution in [3.8, 4) is 5.75 Å². The molecule has 1 aliphatic heterocycles. The van der Waals surface area contributed by atoms with E-state index < -0.39 is 0 Å². The van der Waals surface area contributed by atoms with Gasteiger partial charge in [0.05, 0.1) is 7.11 Å². The smallest absolute Gasteiger partial charge is 0.319 e. The summed E-state index contributed by atoms with van der Waals surface area (Å²) in [5, 5.41) is 8.78. The summed E-state index contributed by atoms with van der Waals surface area (Å²) in [5.41, 5.74) is 0.692. The van der Waals surface area contributed by atoms with E-state index >= 15 is 0 Å². The zero-order valence-electron chi connectivity index (χ0n) is 13.5. The van der Waals surface area contributed by atoms with Gasteiger partial charge in [-0.05, 0) is 36.3 Å². The molecule has 1 aromatic rings. The second-order valence-electron chi connectivity index (χ2n) is 6.49. The molecule has 4 atom stereocenters. The van der Waals surface area contributed by atoms with Gasteiger partial charge in [0.2, 0.25) is 5.91 Å². The minimum atomic E-state index is -0.230. The molecular formula is C17H23N3O3. The maximum absolute atomic E-state index is 12.1. The third-order valence-electron chi connectivity index (χ3n) is 5.02. The summed E-state index contributed by atoms with van der Waals surface area (Å²) >= 11 is 0. The van der Waals surface area contributed by atoms with Gasteiger partial charge in [0.25, 0.3) is 0 Å². The normalized spacial score (nSPS) is 28.9. The summed E-state index contributed by atoms with van der Waals surface area (Å²) in [7, 11) is 1.59. The Balaban J connectivity index is 1.53. The number of ether oxygens (including phenoxy) is 1. The Labute approximate surface area is 136 Å². The molecule has 1 saturated carbocycles. The van der Waals surface area contributed by atoms with Gasteiger partial charge in [-0.1, -0.05) is 13.0 Å². The van der Waals surface area contributed by atoms with Gasteiger partial charge in [0.15, 0.2) is 0 Å². The average molecular weight is 317 g/mol. The van der Waals surface area contributed by atoms with Crippen LogP contribution in [-0.2, 0) is 4.79 Å². The van der Waals surface area contributed by atoms with Gasteiger partial charge in [-0.25, -0.2) is 4.79 Å². The first kappa shape index (κ1) is 15.6. The molecule has 6 nitrogen and oxygen atoms in total. The van der Waals surface area contributed by atoms with Crippen molar-refractivity contribution in [2.45, 2.75) is 25.8 Å². The van der Waals surface area contributed by atoms with Gasteiger partial charge < -0.3 is 20.7 Å². The van der Waals surface area contributed by atoms with E-state index in [4.69, 9.17) is 4.74 Å². The van der Waals surface area contributed by atoms with Gasteiger partial charge in [0, 0.05) is 30.8 Å². The van der Waals surface area contributed by atoms with Gasteiger partial charge in [0.1, 0.15) is 5.75 Å². The van der Waals surface area contributed by atoms with Crippen LogP contribution in [-0.4, -0.2) is 31.6 Å². The van der Waals surface area contributed by atoms with E-state index in [1.54, 1.807) is 13.2 Å². The molecule has 1 saturated heterocycles. The molecule has 124 valence electrons. The predicted octanol–water partition coefficient (Wildman–Crippen LogP) is 1.98. The van der Waals surface area contributed by atoms with Crippen molar-refractivity contribution in [1.82, 2.24) is 10.6 Å². The second kappa shape index (κ2) is 6.48. The summed E-state index contributed by atoms with van der Waals surface area (Å²) < 4.78 is 5.14. The van der Waals surface area contributed by atoms with E-state index in [2.05, 4.69) is 22.9 Å². The van der Waals surface area contributed by atoms with Crippen LogP contribution in [0.3, 0.4) is 0 Å². The molecule has 6 heteroatoms. The molecule has 2 aliphatic rings. The summed E-state index contributed by atoms with van der Waals surface area (Å²) in [5.74, 6) is 2.02. The van der Waals surface area contributed by atoms with Crippen molar-refractivity contribution in [3.05, 3.63) is 24.3 Å². The first-order chi connectivity index (χ1) is 11.1. The Morgan fingerprint density at radius 1 is 1.43 bits per heavy atom. The molecule has 1 aliphatic carbocycles. The zero-order chi connectivity index (χ0) is 16.4. The third-order valence-corrected chi connectivity index (χ3v) is 5.02. The van der Waals surface area contributed by atoms with Crippen LogP contribution in [0.15, 0.2) is 24.3 Å². The van der Waals surface area contributed by atoms with Crippen LogP contribution in [0.4, 0.5) is 10.5 Å². The first-order valence-electron chi connectivity index (χ1n) is 8.05. The zero-order valence-corrected chi connectivity index (χ0v) is 13.5. The van der Waals surface area contributed by atoms with Gasteiger partial charge >= 0.3 is 6.03 Å². The van der Waals surface area contributed by atoms with Crippen molar-refractivity contribution in [3.63, 3.8) is 0 Å². The Morgan fingerprint density at radius 2 is 2.26 bits per heavy atom. The molecule has 23 heavy (non-hydrogen) atoms. The number of benzene rings is 1. The Kier molecular flexibility index (Phi) is 4.41. The molecule has 1 aromatic carbocycles. The molecule has 0 radical (unpaired) electrons. The first-order valence-corrected chi connectivity index (χ1v) is 8.05. The fourth-order valence-electron chi connectivity index (χ4n) is 3.85. The molecule has 3 N–H and O–H groups in total. The molecule has 0 aromatic heterocycles. The Morgan fingerprint density at radius 3 is 3.04 bits per heavy atom. The number of carbonyl (C=O) groups is 2. The number of fused-ring (bicyclic) bond motifs is 1. The molecule has 3 rings (SSSR count). The number of methoxy groups -OCH3 is 1. The number of rotatable bonds is 4. The van der Waals surface area contributed by atoms with Crippen LogP contribution >= 0.6 is 0 Å². The van der Waals surface area contributed by atoms with E-state index in [1.807, 2.05) is 18.2 Å². The van der Waals surface area contributed by atoms with E-state index in [0.717, 1.165) is 6.42 Å². The lowest BCUT2D eigenvalue weighted by molar-refractivity contribution is -0.119. The van der Waals surface area contributed by atoms with Crippen molar-refractivity contribution in [2.75, 3.05) is 19.0 Å². The highest BCUT2D eigenvalue weighted by molar-refractivity contribution is 5.89. The van der Waals surface area contributed by atoms with Crippen LogP contribution in [0.25, 0.3) is 0 Å². The molecular weight excluding hydrogens is 294 g/mol. The van der Waals surface area contributed by atoms with Crippen LogP contribution in [0.5, 0.6) is 5.75 Å². The van der Waals surface area contributed by atoms with Crippen LogP contribution < -0.4 is 20.7 Å². The predicted molar refractivity (Wildman–Crippen MR) is 87.3 cm³/mol. The van der Waals surface area contributed by atoms with E-state index in [-0.39, 0.29) is 18.0 Å². The highest BCUT2D eigenvalue weighted by atomic mass is 16.5. The number of urea groups is 1. The van der Waals surface area contributed by atoms with Crippen molar-refractivity contribution in [2.24, 2.45) is 17.8 Å². The Bertz CT molecular complexity index is 605. The second-order valence-corrected chi connectivity index (χ2v) is 6.49. The van der Waals surface area contributed by atoms with Gasteiger partial charge in [-0.3, -0.25) is 4.79 Å². The Hall–Kier alpha value is -2.24. The van der Waals surface area contributed by atoms with Crippen LogP contribution in [0, 0.1) is 17.8 Å². The largest absolute Gasteiger partial charge is 0.497 e. The van der Waals surface area contributed by atoms with Crippen molar-refractivity contribution >= 4 is 17.6 Å². The monoisotopic (exact) mass is 317 g/mol. The van der Waals surface area contributed by atoms with Crippen molar-refractivity contribution < 1.29 is 14.3 Å². The maximum Gasteiger partial charge on any atom is 0.319 e. The molecule has 0 spiro atoms. The summed E-state index contributed by atoms with van der Waals surface area (Å²) in [6.45, 7) is 2.78. The lowest BCUT2D eigenvalue weighted by Gasteiger charge is -2.21. The maximum atomic E-state index is 12.1. The van der Waals surface area contributed by atoms with Gasteiger partial charge in [-0.15, -0.1) is 0 Å². The minimum absolute atomic E-state index is 0.137. The molecule has 3 amide bonds. The summed E-state index contributed by atoms with van der Waals surface area (Å²) in [4.78, 5) is 23.6. The summed E-state index contributed by atoms with van der Waals surface area (Å²) in [6, 6.07) is 7.29. The minimum Gasteiger partial charge on any atom is -0.497 e. The number of amides is 3. The number of nitrogens with one attached hydrogen (secondary N) is 3. The van der Waals surface area contributed by atoms with Crippen molar-refractivity contribution in [1.29, 1.82) is 0 Å². The fraction of sp³-hybridized carbons (Fsp3) is 0.529. The molecule has 0 unspecified atom stereocenters. The number of anilines is 1. The molecule has 2 fully saturated rings. The molecule has 0 bridgehead atoms. The highest BCUT2D eigenvalue weighted by Gasteiger charge is 2.46. The third kappa shape index (κ3) is 3.41. The SMILES string of the molecule is COc1cccc(NC(=O)NC[C@H]2[C@@H]3CC(=O)N[C@@H]3C[C@@H]2C)c1. The molecule has 1 heterocycles. The highest BCUT2D eigenvalue weighted by Crippen LogP contribution is 2.41. The average Bonchev–Trinajstić information content (AvgIpc) is 3.00.